The number of carbonyl (C=O) groups excluding carboxylic acids is 1. The molecule has 162 valence electrons. The molecule has 3 aromatic rings. The average molecular weight is 420 g/mol. The first-order valence-electron chi connectivity index (χ1n) is 11.2. The standard InChI is InChI=1S/C24H29N5O2/c1-5-7-19-17-11-18(20-8-6-9-21(30)28(19)20)13-27(12-17)24(31)22-16(4)26-29-15(3)10-14(2)25-23(22)29/h6,8-10,17-19H,5,7,11-13H2,1-4H3/t17-,18+,19-/m0/s1. The summed E-state index contributed by atoms with van der Waals surface area (Å²) in [5.41, 5.74) is 4.95. The lowest BCUT2D eigenvalue weighted by atomic mass is 9.77. The number of hydrogen-bond acceptors (Lipinski definition) is 4. The second kappa shape index (κ2) is 7.32. The van der Waals surface area contributed by atoms with Crippen molar-refractivity contribution in [3.05, 3.63) is 63.0 Å². The van der Waals surface area contributed by atoms with E-state index in [0.717, 1.165) is 36.3 Å². The van der Waals surface area contributed by atoms with E-state index in [1.807, 2.05) is 42.4 Å². The van der Waals surface area contributed by atoms with Crippen LogP contribution >= 0.6 is 0 Å². The van der Waals surface area contributed by atoms with Crippen molar-refractivity contribution in [3.8, 4) is 0 Å². The van der Waals surface area contributed by atoms with Crippen LogP contribution in [0.15, 0.2) is 29.1 Å². The van der Waals surface area contributed by atoms with Crippen LogP contribution in [-0.4, -0.2) is 43.1 Å². The van der Waals surface area contributed by atoms with E-state index in [4.69, 9.17) is 0 Å². The van der Waals surface area contributed by atoms with Gasteiger partial charge >= 0.3 is 0 Å². The number of rotatable bonds is 3. The molecular formula is C24H29N5O2. The number of fused-ring (bicyclic) bond motifs is 5. The number of piperidine rings is 1. The first kappa shape index (κ1) is 20.0. The van der Waals surface area contributed by atoms with Crippen LogP contribution in [0.3, 0.4) is 0 Å². The van der Waals surface area contributed by atoms with E-state index in [1.165, 1.54) is 0 Å². The summed E-state index contributed by atoms with van der Waals surface area (Å²) in [7, 11) is 0. The lowest BCUT2D eigenvalue weighted by molar-refractivity contribution is 0.0519. The molecule has 3 atom stereocenters. The minimum absolute atomic E-state index is 0.00155. The van der Waals surface area contributed by atoms with Gasteiger partial charge in [-0.15, -0.1) is 0 Å². The highest BCUT2D eigenvalue weighted by Gasteiger charge is 2.42. The molecule has 3 aromatic heterocycles. The summed E-state index contributed by atoms with van der Waals surface area (Å²) in [6.45, 7) is 9.26. The summed E-state index contributed by atoms with van der Waals surface area (Å²) >= 11 is 0. The molecule has 31 heavy (non-hydrogen) atoms. The number of hydrogen-bond donors (Lipinski definition) is 0. The molecule has 0 spiro atoms. The van der Waals surface area contributed by atoms with Crippen LogP contribution in [-0.2, 0) is 0 Å². The van der Waals surface area contributed by atoms with Crippen molar-refractivity contribution in [2.45, 2.75) is 58.9 Å². The Balaban J connectivity index is 1.56. The third-order valence-corrected chi connectivity index (χ3v) is 6.95. The van der Waals surface area contributed by atoms with Crippen LogP contribution in [0, 0.1) is 26.7 Å². The fourth-order valence-electron chi connectivity index (χ4n) is 5.71. The molecule has 0 saturated carbocycles. The highest BCUT2D eigenvalue weighted by Crippen LogP contribution is 2.43. The number of likely N-dealkylation sites (tertiary alicyclic amines) is 1. The molecule has 5 heterocycles. The number of nitrogens with zero attached hydrogens (tertiary/aromatic N) is 5. The summed E-state index contributed by atoms with van der Waals surface area (Å²) in [6, 6.07) is 7.70. The number of aromatic nitrogens is 4. The molecular weight excluding hydrogens is 390 g/mol. The molecule has 1 saturated heterocycles. The molecule has 0 aliphatic carbocycles. The van der Waals surface area contributed by atoms with Crippen LogP contribution in [0.5, 0.6) is 0 Å². The zero-order valence-electron chi connectivity index (χ0n) is 18.6. The number of amides is 1. The second-order valence-corrected chi connectivity index (χ2v) is 9.15. The molecule has 0 N–H and O–H groups in total. The van der Waals surface area contributed by atoms with E-state index in [-0.39, 0.29) is 29.3 Å². The van der Waals surface area contributed by atoms with Crippen LogP contribution in [0.2, 0.25) is 0 Å². The first-order chi connectivity index (χ1) is 14.9. The van der Waals surface area contributed by atoms with Crippen molar-refractivity contribution < 1.29 is 4.79 Å². The monoisotopic (exact) mass is 419 g/mol. The minimum atomic E-state index is 0.00155. The summed E-state index contributed by atoms with van der Waals surface area (Å²) in [5.74, 6) is 0.471. The van der Waals surface area contributed by atoms with Gasteiger partial charge in [-0.2, -0.15) is 5.10 Å². The van der Waals surface area contributed by atoms with Gasteiger partial charge in [0.25, 0.3) is 11.5 Å². The lowest BCUT2D eigenvalue weighted by Gasteiger charge is -2.47. The van der Waals surface area contributed by atoms with Crippen LogP contribution in [0.25, 0.3) is 5.65 Å². The van der Waals surface area contributed by atoms with Gasteiger partial charge in [-0.05, 0) is 51.7 Å². The Morgan fingerprint density at radius 2 is 2.00 bits per heavy atom. The lowest BCUT2D eigenvalue weighted by Crippen LogP contribution is -2.51. The van der Waals surface area contributed by atoms with E-state index >= 15 is 0 Å². The van der Waals surface area contributed by atoms with Crippen LogP contribution < -0.4 is 5.56 Å². The normalized spacial score (nSPS) is 22.6. The van der Waals surface area contributed by atoms with Gasteiger partial charge in [0, 0.05) is 48.2 Å². The quantitative estimate of drug-likeness (QED) is 0.652. The molecule has 7 nitrogen and oxygen atoms in total. The molecule has 2 bridgehead atoms. The molecule has 1 fully saturated rings. The predicted molar refractivity (Wildman–Crippen MR) is 119 cm³/mol. The van der Waals surface area contributed by atoms with Crippen LogP contribution in [0.4, 0.5) is 0 Å². The first-order valence-corrected chi connectivity index (χ1v) is 11.2. The van der Waals surface area contributed by atoms with Crippen molar-refractivity contribution in [3.63, 3.8) is 0 Å². The molecule has 0 aromatic carbocycles. The fourth-order valence-corrected chi connectivity index (χ4v) is 5.71. The maximum absolute atomic E-state index is 13.8. The number of pyridine rings is 1. The maximum Gasteiger partial charge on any atom is 0.259 e. The third kappa shape index (κ3) is 3.09. The Labute approximate surface area is 181 Å². The van der Waals surface area contributed by atoms with Crippen molar-refractivity contribution in [2.24, 2.45) is 5.92 Å². The minimum Gasteiger partial charge on any atom is -0.337 e. The largest absolute Gasteiger partial charge is 0.337 e. The van der Waals surface area contributed by atoms with Crippen LogP contribution in [0.1, 0.15) is 71.3 Å². The van der Waals surface area contributed by atoms with E-state index in [2.05, 4.69) is 23.1 Å². The maximum atomic E-state index is 13.8. The van der Waals surface area contributed by atoms with E-state index in [0.29, 0.717) is 30.0 Å². The Hall–Kier alpha value is -2.96. The number of aryl methyl sites for hydroxylation is 3. The molecule has 0 unspecified atom stereocenters. The Morgan fingerprint density at radius 3 is 2.77 bits per heavy atom. The smallest absolute Gasteiger partial charge is 0.259 e. The van der Waals surface area contributed by atoms with Gasteiger partial charge in [0.15, 0.2) is 5.65 Å². The topological polar surface area (TPSA) is 72.5 Å². The Morgan fingerprint density at radius 1 is 1.19 bits per heavy atom. The zero-order chi connectivity index (χ0) is 21.9. The highest BCUT2D eigenvalue weighted by atomic mass is 16.2. The second-order valence-electron chi connectivity index (χ2n) is 9.15. The fraction of sp³-hybridized carbons (Fsp3) is 0.500. The number of carbonyl (C=O) groups is 1. The van der Waals surface area contributed by atoms with E-state index in [9.17, 15) is 9.59 Å². The van der Waals surface area contributed by atoms with Crippen molar-refractivity contribution in [1.82, 2.24) is 24.1 Å². The average Bonchev–Trinajstić information content (AvgIpc) is 3.06. The molecule has 7 heteroatoms. The third-order valence-electron chi connectivity index (χ3n) is 6.95. The molecule has 2 aliphatic heterocycles. The van der Waals surface area contributed by atoms with E-state index in [1.54, 1.807) is 10.6 Å². The van der Waals surface area contributed by atoms with Crippen molar-refractivity contribution in [2.75, 3.05) is 13.1 Å². The zero-order valence-corrected chi connectivity index (χ0v) is 18.6. The summed E-state index contributed by atoms with van der Waals surface area (Å²) in [5, 5.41) is 4.60. The molecule has 1 amide bonds. The van der Waals surface area contributed by atoms with Crippen molar-refractivity contribution in [1.29, 1.82) is 0 Å². The SMILES string of the molecule is CCC[C@H]1[C@H]2C[C@H](CN(C(=O)c3c(C)nn4c(C)cc(C)nc34)C2)c2cccc(=O)n21. The van der Waals surface area contributed by atoms with Gasteiger partial charge in [-0.1, -0.05) is 19.4 Å². The predicted octanol–water partition coefficient (Wildman–Crippen LogP) is 3.42. The van der Waals surface area contributed by atoms with E-state index < -0.39 is 0 Å². The molecule has 2 aliphatic rings. The van der Waals surface area contributed by atoms with Gasteiger partial charge in [0.1, 0.15) is 5.56 Å². The van der Waals surface area contributed by atoms with Gasteiger partial charge < -0.3 is 9.47 Å². The van der Waals surface area contributed by atoms with Gasteiger partial charge in [0.05, 0.1) is 5.69 Å². The Kier molecular flexibility index (Phi) is 4.72. The Bertz CT molecular complexity index is 1240. The highest BCUT2D eigenvalue weighted by molar-refractivity contribution is 6.01. The summed E-state index contributed by atoms with van der Waals surface area (Å²) in [4.78, 5) is 33.1. The van der Waals surface area contributed by atoms with Gasteiger partial charge in [-0.3, -0.25) is 9.59 Å². The molecule has 5 rings (SSSR count). The molecule has 0 radical (unpaired) electrons. The van der Waals surface area contributed by atoms with Gasteiger partial charge in [-0.25, -0.2) is 9.50 Å². The van der Waals surface area contributed by atoms with Crippen molar-refractivity contribution >= 4 is 11.6 Å². The summed E-state index contributed by atoms with van der Waals surface area (Å²) < 4.78 is 3.79. The van der Waals surface area contributed by atoms with Gasteiger partial charge in [0.2, 0.25) is 0 Å². The summed E-state index contributed by atoms with van der Waals surface area (Å²) in [6.07, 6.45) is 2.99.